The maximum atomic E-state index is 12.3. The van der Waals surface area contributed by atoms with Crippen molar-refractivity contribution < 1.29 is 22.2 Å². The number of nitrogens with one attached hydrogen (secondary N) is 1. The number of furan rings is 1. The highest BCUT2D eigenvalue weighted by atomic mass is 79.9. The van der Waals surface area contributed by atoms with E-state index < -0.39 is 21.5 Å². The van der Waals surface area contributed by atoms with E-state index in [0.29, 0.717) is 10.4 Å². The van der Waals surface area contributed by atoms with Crippen LogP contribution in [0.15, 0.2) is 61.0 Å². The van der Waals surface area contributed by atoms with Crippen LogP contribution in [-0.4, -0.2) is 24.5 Å². The Morgan fingerprint density at radius 1 is 1.16 bits per heavy atom. The number of carbonyl (C=O) groups excluding carboxylic acids is 1. The molecule has 130 valence electrons. The average Bonchev–Trinajstić information content (AvgIpc) is 3.22. The Morgan fingerprint density at radius 3 is 2.60 bits per heavy atom. The summed E-state index contributed by atoms with van der Waals surface area (Å²) in [7, 11) is -3.62. The first kappa shape index (κ1) is 17.4. The van der Waals surface area contributed by atoms with Gasteiger partial charge >= 0.3 is 11.8 Å². The minimum absolute atomic E-state index is 0.0882. The van der Waals surface area contributed by atoms with Crippen molar-refractivity contribution in [3.8, 4) is 0 Å². The van der Waals surface area contributed by atoms with E-state index in [4.69, 9.17) is 8.94 Å². The lowest BCUT2D eigenvalue weighted by Crippen LogP contribution is -2.23. The molecule has 0 unspecified atom stereocenters. The number of hydrogen-bond donors (Lipinski definition) is 1. The zero-order valence-corrected chi connectivity index (χ0v) is 15.1. The lowest BCUT2D eigenvalue weighted by Gasteiger charge is -2.00. The average molecular weight is 426 g/mol. The fourth-order valence-electron chi connectivity index (χ4n) is 1.98. The van der Waals surface area contributed by atoms with Gasteiger partial charge in [0.25, 0.3) is 0 Å². The Labute approximate surface area is 151 Å². The van der Waals surface area contributed by atoms with Crippen LogP contribution in [0.25, 0.3) is 0 Å². The van der Waals surface area contributed by atoms with E-state index in [1.165, 1.54) is 12.1 Å². The minimum atomic E-state index is -3.62. The van der Waals surface area contributed by atoms with E-state index in [1.54, 1.807) is 30.3 Å². The fraction of sp³-hybridized carbons (Fsp3) is 0.133. The van der Waals surface area contributed by atoms with E-state index in [9.17, 15) is 13.2 Å². The van der Waals surface area contributed by atoms with Crippen LogP contribution < -0.4 is 5.32 Å². The SMILES string of the molecule is O=C(NCc1ccc(Br)o1)c1nc(CS(=O)(=O)c2ccccc2)no1. The predicted octanol–water partition coefficient (Wildman–Crippen LogP) is 2.33. The summed E-state index contributed by atoms with van der Waals surface area (Å²) >= 11 is 3.16. The van der Waals surface area contributed by atoms with Gasteiger partial charge in [0, 0.05) is 0 Å². The molecule has 3 aromatic rings. The molecular formula is C15H12BrN3O5S. The van der Waals surface area contributed by atoms with Gasteiger partial charge in [0.05, 0.1) is 11.4 Å². The number of benzene rings is 1. The van der Waals surface area contributed by atoms with Crippen LogP contribution in [0.4, 0.5) is 0 Å². The Kier molecular flexibility index (Phi) is 5.00. The van der Waals surface area contributed by atoms with Gasteiger partial charge in [-0.2, -0.15) is 4.98 Å². The first-order valence-corrected chi connectivity index (χ1v) is 9.51. The van der Waals surface area contributed by atoms with E-state index in [0.717, 1.165) is 0 Å². The maximum Gasteiger partial charge on any atom is 0.315 e. The van der Waals surface area contributed by atoms with Crippen molar-refractivity contribution in [2.24, 2.45) is 0 Å². The van der Waals surface area contributed by atoms with Crippen molar-refractivity contribution in [2.75, 3.05) is 0 Å². The van der Waals surface area contributed by atoms with Crippen molar-refractivity contribution in [3.63, 3.8) is 0 Å². The summed E-state index contributed by atoms with van der Waals surface area (Å²) in [6.45, 7) is 0.129. The topological polar surface area (TPSA) is 115 Å². The molecule has 0 aliphatic heterocycles. The Morgan fingerprint density at radius 2 is 1.92 bits per heavy atom. The highest BCUT2D eigenvalue weighted by Gasteiger charge is 2.21. The number of halogens is 1. The third-order valence-corrected chi connectivity index (χ3v) is 5.19. The molecule has 0 saturated heterocycles. The molecule has 25 heavy (non-hydrogen) atoms. The van der Waals surface area contributed by atoms with Crippen LogP contribution in [0.3, 0.4) is 0 Å². The van der Waals surface area contributed by atoms with E-state index in [2.05, 4.69) is 31.4 Å². The summed E-state index contributed by atoms with van der Waals surface area (Å²) in [4.78, 5) is 15.9. The first-order chi connectivity index (χ1) is 11.9. The van der Waals surface area contributed by atoms with Gasteiger partial charge in [0.2, 0.25) is 0 Å². The minimum Gasteiger partial charge on any atom is -0.452 e. The summed E-state index contributed by atoms with van der Waals surface area (Å²) in [5, 5.41) is 6.09. The third kappa shape index (κ3) is 4.34. The number of aromatic nitrogens is 2. The smallest absolute Gasteiger partial charge is 0.315 e. The van der Waals surface area contributed by atoms with Gasteiger partial charge in [-0.05, 0) is 40.2 Å². The molecule has 0 spiro atoms. The lowest BCUT2D eigenvalue weighted by atomic mass is 10.4. The molecule has 0 saturated carbocycles. The van der Waals surface area contributed by atoms with Gasteiger partial charge in [-0.3, -0.25) is 4.79 Å². The standard InChI is InChI=1S/C15H12BrN3O5S/c16-12-7-6-10(23-12)8-17-14(20)15-18-13(19-24-15)9-25(21,22)11-4-2-1-3-5-11/h1-7H,8-9H2,(H,17,20). The zero-order valence-electron chi connectivity index (χ0n) is 12.7. The van der Waals surface area contributed by atoms with E-state index in [-0.39, 0.29) is 23.2 Å². The second-order valence-electron chi connectivity index (χ2n) is 4.98. The highest BCUT2D eigenvalue weighted by Crippen LogP contribution is 2.15. The van der Waals surface area contributed by atoms with Crippen LogP contribution >= 0.6 is 15.9 Å². The second-order valence-corrected chi connectivity index (χ2v) is 7.75. The van der Waals surface area contributed by atoms with Gasteiger partial charge in [-0.1, -0.05) is 23.4 Å². The molecule has 0 atom stereocenters. The molecule has 0 fully saturated rings. The molecule has 0 radical (unpaired) electrons. The fourth-order valence-corrected chi connectivity index (χ4v) is 3.51. The molecule has 2 heterocycles. The number of sulfone groups is 1. The maximum absolute atomic E-state index is 12.3. The van der Waals surface area contributed by atoms with Gasteiger partial charge in [0.15, 0.2) is 20.3 Å². The van der Waals surface area contributed by atoms with Gasteiger partial charge in [-0.25, -0.2) is 8.42 Å². The normalized spacial score (nSPS) is 11.4. The van der Waals surface area contributed by atoms with Gasteiger partial charge in [-0.15, -0.1) is 0 Å². The largest absolute Gasteiger partial charge is 0.452 e. The van der Waals surface area contributed by atoms with Crippen LogP contribution in [0.2, 0.25) is 0 Å². The Balaban J connectivity index is 1.64. The molecule has 0 aliphatic rings. The molecule has 0 bridgehead atoms. The summed E-state index contributed by atoms with van der Waals surface area (Å²) in [6, 6.07) is 11.3. The molecule has 0 aliphatic carbocycles. The summed E-state index contributed by atoms with van der Waals surface area (Å²) in [5.41, 5.74) is 0. The van der Waals surface area contributed by atoms with Crippen LogP contribution in [0.5, 0.6) is 0 Å². The molecule has 10 heteroatoms. The molecule has 8 nitrogen and oxygen atoms in total. The summed E-state index contributed by atoms with van der Waals surface area (Å²) < 4.78 is 35.1. The molecule has 2 aromatic heterocycles. The monoisotopic (exact) mass is 425 g/mol. The summed E-state index contributed by atoms with van der Waals surface area (Å²) in [5.74, 6) is -0.951. The number of amides is 1. The second kappa shape index (κ2) is 7.19. The van der Waals surface area contributed by atoms with Gasteiger partial charge in [0.1, 0.15) is 11.5 Å². The van der Waals surface area contributed by atoms with Gasteiger partial charge < -0.3 is 14.3 Å². The highest BCUT2D eigenvalue weighted by molar-refractivity contribution is 9.10. The van der Waals surface area contributed by atoms with Crippen molar-refractivity contribution >= 4 is 31.7 Å². The first-order valence-electron chi connectivity index (χ1n) is 7.07. The van der Waals surface area contributed by atoms with Crippen molar-refractivity contribution in [1.82, 2.24) is 15.5 Å². The van der Waals surface area contributed by atoms with Crippen molar-refractivity contribution in [1.29, 1.82) is 0 Å². The van der Waals surface area contributed by atoms with Crippen molar-refractivity contribution in [2.45, 2.75) is 17.2 Å². The number of carbonyl (C=O) groups is 1. The number of nitrogens with zero attached hydrogens (tertiary/aromatic N) is 2. The Hall–Kier alpha value is -2.46. The Bertz CT molecular complexity index is 982. The van der Waals surface area contributed by atoms with Crippen LogP contribution in [0, 0.1) is 0 Å². The van der Waals surface area contributed by atoms with Crippen molar-refractivity contribution in [3.05, 3.63) is 64.6 Å². The van der Waals surface area contributed by atoms with Crippen LogP contribution in [-0.2, 0) is 22.1 Å². The molecule has 1 N–H and O–H groups in total. The molecule has 1 aromatic carbocycles. The van der Waals surface area contributed by atoms with E-state index in [1.807, 2.05) is 0 Å². The molecular weight excluding hydrogens is 414 g/mol. The third-order valence-electron chi connectivity index (χ3n) is 3.14. The summed E-state index contributed by atoms with van der Waals surface area (Å²) in [6.07, 6.45) is 0. The number of rotatable bonds is 6. The predicted molar refractivity (Wildman–Crippen MR) is 89.2 cm³/mol. The van der Waals surface area contributed by atoms with Crippen LogP contribution in [0.1, 0.15) is 22.3 Å². The lowest BCUT2D eigenvalue weighted by molar-refractivity contribution is 0.0904. The van der Waals surface area contributed by atoms with E-state index >= 15 is 0 Å². The molecule has 1 amide bonds. The quantitative estimate of drug-likeness (QED) is 0.643. The zero-order chi connectivity index (χ0) is 17.9. The number of hydrogen-bond acceptors (Lipinski definition) is 7. The molecule has 3 rings (SSSR count).